The lowest BCUT2D eigenvalue weighted by Crippen LogP contribution is -2.40. The van der Waals surface area contributed by atoms with Gasteiger partial charge in [-0.1, -0.05) is 65.3 Å². The van der Waals surface area contributed by atoms with E-state index >= 15 is 0 Å². The van der Waals surface area contributed by atoms with Crippen LogP contribution in [0.15, 0.2) is 0 Å². The molecule has 36 heavy (non-hydrogen) atoms. The van der Waals surface area contributed by atoms with Crippen molar-refractivity contribution in [2.45, 2.75) is 52.1 Å². The van der Waals surface area contributed by atoms with Crippen LogP contribution < -0.4 is 0 Å². The molecule has 6 atom stereocenters. The third-order valence-corrected chi connectivity index (χ3v) is 9.86. The van der Waals surface area contributed by atoms with Crippen LogP contribution in [0.5, 0.6) is 0 Å². The lowest BCUT2D eigenvalue weighted by Gasteiger charge is -2.26. The van der Waals surface area contributed by atoms with Crippen LogP contribution in [0.3, 0.4) is 0 Å². The zero-order valence-corrected chi connectivity index (χ0v) is 24.8. The molecule has 210 valence electrons. The number of carbonyl (C=O) groups is 4. The SMILES string of the molecule is CC(=O)O[C@@H](CSSCCSSC[C@H](OC(C)=O)[C@@H](CS(=O)[O-])OC(C)=O)[C@@H](CS(=O)[O-])OC(C)=O. The maximum absolute atomic E-state index is 11.4. The zero-order chi connectivity index (χ0) is 27.7. The summed E-state index contributed by atoms with van der Waals surface area (Å²) < 4.78 is 64.6. The van der Waals surface area contributed by atoms with Crippen molar-refractivity contribution in [3.8, 4) is 0 Å². The molecule has 0 N–H and O–H groups in total. The number of carbonyl (C=O) groups excluding carboxylic acids is 4. The Balaban J connectivity index is 4.64. The fourth-order valence-corrected chi connectivity index (χ4v) is 8.63. The van der Waals surface area contributed by atoms with Gasteiger partial charge >= 0.3 is 23.9 Å². The second-order valence-electron chi connectivity index (χ2n) is 6.75. The van der Waals surface area contributed by atoms with Crippen molar-refractivity contribution in [1.29, 1.82) is 0 Å². The highest BCUT2D eigenvalue weighted by Gasteiger charge is 2.29. The third kappa shape index (κ3) is 19.6. The van der Waals surface area contributed by atoms with E-state index in [1.165, 1.54) is 57.0 Å². The molecule has 0 aliphatic heterocycles. The predicted octanol–water partition coefficient (Wildman–Crippen LogP) is 1.23. The smallest absolute Gasteiger partial charge is 0.303 e. The Morgan fingerprint density at radius 2 is 0.861 bits per heavy atom. The highest BCUT2D eigenvalue weighted by molar-refractivity contribution is 8.78. The summed E-state index contributed by atoms with van der Waals surface area (Å²) in [5.41, 5.74) is 0. The maximum Gasteiger partial charge on any atom is 0.303 e. The second-order valence-corrected chi connectivity index (χ2v) is 13.9. The van der Waals surface area contributed by atoms with Crippen LogP contribution in [0.2, 0.25) is 0 Å². The van der Waals surface area contributed by atoms with Gasteiger partial charge in [-0.25, -0.2) is 0 Å². The Hall–Kier alpha value is -0.500. The van der Waals surface area contributed by atoms with Gasteiger partial charge in [-0.15, -0.1) is 0 Å². The predicted molar refractivity (Wildman–Crippen MR) is 140 cm³/mol. The van der Waals surface area contributed by atoms with Crippen molar-refractivity contribution in [2.75, 3.05) is 34.5 Å². The minimum absolute atomic E-state index is 0.183. The molecule has 0 saturated heterocycles. The van der Waals surface area contributed by atoms with Gasteiger partial charge in [0.1, 0.15) is 24.4 Å². The van der Waals surface area contributed by atoms with Gasteiger partial charge in [-0.2, -0.15) is 0 Å². The van der Waals surface area contributed by atoms with Crippen LogP contribution in [-0.4, -0.2) is 100 Å². The standard InChI is InChI=1S/C18H30O12S6/c1-11(19)27-15(17(9-35(23)24)29-13(3)21)7-33-31-5-6-32-34-8-16(28-12(2)20)18(10-36(25)26)30-14(4)22/h15-18H,5-10H2,1-4H3,(H,23,24)(H,25,26)/p-2/t15-,16-,17+,18+/m0/s1. The van der Waals surface area contributed by atoms with E-state index in [0.717, 1.165) is 13.8 Å². The largest absolute Gasteiger partial charge is 0.772 e. The molecule has 12 nitrogen and oxygen atoms in total. The average molecular weight is 629 g/mol. The lowest BCUT2D eigenvalue weighted by molar-refractivity contribution is -0.161. The monoisotopic (exact) mass is 628 g/mol. The zero-order valence-electron chi connectivity index (χ0n) is 19.9. The number of rotatable bonds is 19. The van der Waals surface area contributed by atoms with Gasteiger partial charge in [0.05, 0.1) is 11.5 Å². The molecule has 18 heteroatoms. The van der Waals surface area contributed by atoms with E-state index in [-0.39, 0.29) is 11.5 Å². The van der Waals surface area contributed by atoms with Gasteiger partial charge in [0, 0.05) is 50.7 Å². The highest BCUT2D eigenvalue weighted by atomic mass is 33.1. The molecule has 0 spiro atoms. The molecular formula is C18H28O12S6-2. The molecule has 0 aromatic heterocycles. The fourth-order valence-electron chi connectivity index (χ4n) is 2.41. The van der Waals surface area contributed by atoms with Crippen LogP contribution in [0.25, 0.3) is 0 Å². The summed E-state index contributed by atoms with van der Waals surface area (Å²) in [7, 11) is 5.45. The van der Waals surface area contributed by atoms with E-state index in [4.69, 9.17) is 18.9 Å². The number of hydrogen-bond donors (Lipinski definition) is 0. The molecular weight excluding hydrogens is 601 g/mol. The maximum atomic E-state index is 11.4. The van der Waals surface area contributed by atoms with E-state index < -0.39 is 82.0 Å². The first-order chi connectivity index (χ1) is 16.8. The number of ether oxygens (including phenoxy) is 4. The molecule has 0 aromatic carbocycles. The topological polar surface area (TPSA) is 185 Å². The Morgan fingerprint density at radius 3 is 1.11 bits per heavy atom. The fraction of sp³-hybridized carbons (Fsp3) is 0.778. The second kappa shape index (κ2) is 20.5. The van der Waals surface area contributed by atoms with Crippen LogP contribution >= 0.6 is 43.2 Å². The minimum Gasteiger partial charge on any atom is -0.772 e. The quantitative estimate of drug-likeness (QED) is 0.0653. The number of esters is 4. The summed E-state index contributed by atoms with van der Waals surface area (Å²) in [6, 6.07) is 0. The Morgan fingerprint density at radius 1 is 0.583 bits per heavy atom. The Labute approximate surface area is 230 Å². The first-order valence-corrected chi connectivity index (χ1v) is 17.6. The molecule has 2 unspecified atom stereocenters. The van der Waals surface area contributed by atoms with Crippen molar-refractivity contribution in [3.63, 3.8) is 0 Å². The molecule has 0 saturated carbocycles. The van der Waals surface area contributed by atoms with Gasteiger partial charge < -0.3 is 28.1 Å². The Kier molecular flexibility index (Phi) is 20.2. The highest BCUT2D eigenvalue weighted by Crippen LogP contribution is 2.30. The van der Waals surface area contributed by atoms with Crippen LogP contribution in [-0.2, 0) is 60.3 Å². The van der Waals surface area contributed by atoms with Crippen molar-refractivity contribution in [1.82, 2.24) is 0 Å². The molecule has 0 radical (unpaired) electrons. The molecule has 0 rings (SSSR count). The van der Waals surface area contributed by atoms with E-state index in [2.05, 4.69) is 0 Å². The summed E-state index contributed by atoms with van der Waals surface area (Å²) in [5, 5.41) is 0. The van der Waals surface area contributed by atoms with Crippen LogP contribution in [0.1, 0.15) is 27.7 Å². The average Bonchev–Trinajstić information content (AvgIpc) is 2.71. The van der Waals surface area contributed by atoms with Gasteiger partial charge in [-0.05, 0) is 0 Å². The summed E-state index contributed by atoms with van der Waals surface area (Å²) in [5.74, 6) is -2.07. The van der Waals surface area contributed by atoms with Gasteiger partial charge in [-0.3, -0.25) is 27.6 Å². The van der Waals surface area contributed by atoms with Crippen LogP contribution in [0.4, 0.5) is 0 Å². The van der Waals surface area contributed by atoms with Crippen molar-refractivity contribution in [2.24, 2.45) is 0 Å². The lowest BCUT2D eigenvalue weighted by atomic mass is 10.2. The molecule has 0 bridgehead atoms. The molecule has 0 aliphatic rings. The van der Waals surface area contributed by atoms with Crippen molar-refractivity contribution < 1.29 is 55.6 Å². The third-order valence-electron chi connectivity index (χ3n) is 3.58. The molecule has 0 heterocycles. The van der Waals surface area contributed by atoms with E-state index in [0.29, 0.717) is 11.5 Å². The summed E-state index contributed by atoms with van der Waals surface area (Å²) in [6.07, 6.45) is -4.15. The van der Waals surface area contributed by atoms with E-state index in [1.807, 2.05) is 0 Å². The summed E-state index contributed by atoms with van der Waals surface area (Å²) >= 11 is -5.02. The molecule has 0 amide bonds. The normalized spacial score (nSPS) is 16.1. The van der Waals surface area contributed by atoms with Crippen molar-refractivity contribution >= 4 is 89.2 Å². The summed E-state index contributed by atoms with van der Waals surface area (Å²) in [6.45, 7) is 4.59. The van der Waals surface area contributed by atoms with Gasteiger partial charge in [0.2, 0.25) is 0 Å². The van der Waals surface area contributed by atoms with Crippen molar-refractivity contribution in [3.05, 3.63) is 0 Å². The summed E-state index contributed by atoms with van der Waals surface area (Å²) in [4.78, 5) is 45.4. The number of hydrogen-bond acceptors (Lipinski definition) is 16. The van der Waals surface area contributed by atoms with E-state index in [9.17, 15) is 36.7 Å². The first kappa shape index (κ1) is 35.5. The van der Waals surface area contributed by atoms with Crippen LogP contribution in [0, 0.1) is 0 Å². The molecule has 0 aliphatic carbocycles. The van der Waals surface area contributed by atoms with E-state index in [1.54, 1.807) is 0 Å². The van der Waals surface area contributed by atoms with Gasteiger partial charge in [0.25, 0.3) is 0 Å². The van der Waals surface area contributed by atoms with Gasteiger partial charge in [0.15, 0.2) is 0 Å². The molecule has 0 fully saturated rings. The first-order valence-electron chi connectivity index (χ1n) is 10.1. The molecule has 0 aromatic rings. The minimum atomic E-state index is -2.51. The Bertz CT molecular complexity index is 673.